The van der Waals surface area contributed by atoms with Crippen molar-refractivity contribution < 1.29 is 18.8 Å². The van der Waals surface area contributed by atoms with E-state index >= 15 is 0 Å². The molecule has 0 radical (unpaired) electrons. The number of amides is 2. The van der Waals surface area contributed by atoms with Crippen LogP contribution in [0.5, 0.6) is 0 Å². The molecule has 1 fully saturated rings. The normalized spacial score (nSPS) is 17.9. The first kappa shape index (κ1) is 29.6. The molecule has 3 atom stereocenters. The zero-order chi connectivity index (χ0) is 27.9. The molecule has 0 unspecified atom stereocenters. The number of hydrogen-bond donors (Lipinski definition) is 0. The molecule has 0 N–H and O–H groups in total. The second-order valence-corrected chi connectivity index (χ2v) is 16.5. The predicted molar refractivity (Wildman–Crippen MR) is 157 cm³/mol. The molecule has 204 valence electrons. The number of imide groups is 1. The highest BCUT2D eigenvalue weighted by Crippen LogP contribution is 2.44. The van der Waals surface area contributed by atoms with E-state index in [4.69, 9.17) is 9.16 Å². The summed E-state index contributed by atoms with van der Waals surface area (Å²) >= 11 is 0. The molecule has 2 aromatic rings. The molecule has 38 heavy (non-hydrogen) atoms. The van der Waals surface area contributed by atoms with Gasteiger partial charge in [-0.05, 0) is 34.2 Å². The molecule has 0 bridgehead atoms. The monoisotopic (exact) mass is 533 g/mol. The summed E-state index contributed by atoms with van der Waals surface area (Å²) < 4.78 is 12.5. The lowest BCUT2D eigenvalue weighted by Gasteiger charge is -2.45. The van der Waals surface area contributed by atoms with Crippen LogP contribution < -0.4 is 0 Å². The Balaban J connectivity index is 2.00. The number of carbonyl (C=O) groups is 2. The number of cyclic esters (lactones) is 1. The number of rotatable bonds is 12. The fourth-order valence-corrected chi connectivity index (χ4v) is 11.5. The van der Waals surface area contributed by atoms with Crippen LogP contribution in [0, 0.1) is 5.92 Å². The largest absolute Gasteiger partial charge is 0.447 e. The molecule has 0 aliphatic carbocycles. The standard InChI is InChI=1S/C32H43NO4Si/c1-8-29(31(34)33-28(22-36-32(33)35)21-27-17-13-10-14-18-27)30(20-19-26-15-11-9-12-16-26)37-38(23(2)3,24(4)5)25(6)7/h8-20,23-25,28-30H,1,21-22H2,2-7H3/b20-19+/t28-,29-,30+/m0/s1. The first-order valence-electron chi connectivity index (χ1n) is 13.7. The van der Waals surface area contributed by atoms with Crippen LogP contribution in [0.4, 0.5) is 4.79 Å². The average molecular weight is 534 g/mol. The van der Waals surface area contributed by atoms with Crippen LogP contribution in [0.15, 0.2) is 79.4 Å². The van der Waals surface area contributed by atoms with Gasteiger partial charge >= 0.3 is 6.09 Å². The molecule has 2 amide bonds. The molecule has 0 aromatic heterocycles. The topological polar surface area (TPSA) is 55.8 Å². The van der Waals surface area contributed by atoms with Gasteiger partial charge in [-0.1, -0.05) is 120 Å². The van der Waals surface area contributed by atoms with Gasteiger partial charge in [0.1, 0.15) is 6.61 Å². The highest BCUT2D eigenvalue weighted by Gasteiger charge is 2.49. The molecule has 0 spiro atoms. The zero-order valence-corrected chi connectivity index (χ0v) is 24.7. The maximum atomic E-state index is 14.1. The molecule has 2 aromatic carbocycles. The van der Waals surface area contributed by atoms with E-state index in [0.717, 1.165) is 11.1 Å². The Morgan fingerprint density at radius 3 is 2.08 bits per heavy atom. The van der Waals surface area contributed by atoms with Gasteiger partial charge in [0.05, 0.1) is 18.1 Å². The maximum Gasteiger partial charge on any atom is 0.417 e. The summed E-state index contributed by atoms with van der Waals surface area (Å²) in [5.41, 5.74) is 3.06. The predicted octanol–water partition coefficient (Wildman–Crippen LogP) is 7.65. The van der Waals surface area contributed by atoms with Crippen molar-refractivity contribution in [2.75, 3.05) is 6.61 Å². The van der Waals surface area contributed by atoms with Crippen LogP contribution in [0.25, 0.3) is 6.08 Å². The van der Waals surface area contributed by atoms with Gasteiger partial charge in [-0.2, -0.15) is 0 Å². The summed E-state index contributed by atoms with van der Waals surface area (Å²) in [6.07, 6.45) is 4.98. The van der Waals surface area contributed by atoms with Gasteiger partial charge in [0.25, 0.3) is 0 Å². The lowest BCUT2D eigenvalue weighted by molar-refractivity contribution is -0.133. The van der Waals surface area contributed by atoms with Crippen molar-refractivity contribution in [2.24, 2.45) is 5.92 Å². The van der Waals surface area contributed by atoms with E-state index in [2.05, 4.69) is 48.1 Å². The van der Waals surface area contributed by atoms with E-state index in [1.165, 1.54) is 4.90 Å². The van der Waals surface area contributed by atoms with Crippen molar-refractivity contribution in [3.05, 3.63) is 90.5 Å². The maximum absolute atomic E-state index is 14.1. The molecule has 1 saturated heterocycles. The van der Waals surface area contributed by atoms with Gasteiger partial charge in [0, 0.05) is 0 Å². The summed E-state index contributed by atoms with van der Waals surface area (Å²) in [5.74, 6) is -1.06. The van der Waals surface area contributed by atoms with Gasteiger partial charge in [-0.25, -0.2) is 9.69 Å². The van der Waals surface area contributed by atoms with Crippen molar-refractivity contribution in [2.45, 2.75) is 76.7 Å². The quantitative estimate of drug-likeness (QED) is 0.208. The number of hydrogen-bond acceptors (Lipinski definition) is 4. The average Bonchev–Trinajstić information content (AvgIpc) is 3.25. The fourth-order valence-electron chi connectivity index (χ4n) is 5.95. The van der Waals surface area contributed by atoms with Crippen LogP contribution >= 0.6 is 0 Å². The van der Waals surface area contributed by atoms with Crippen molar-refractivity contribution >= 4 is 26.4 Å². The Hall–Kier alpha value is -2.96. The van der Waals surface area contributed by atoms with E-state index in [0.29, 0.717) is 23.0 Å². The Morgan fingerprint density at radius 2 is 1.55 bits per heavy atom. The van der Waals surface area contributed by atoms with Crippen molar-refractivity contribution in [3.63, 3.8) is 0 Å². The van der Waals surface area contributed by atoms with Crippen molar-refractivity contribution in [1.82, 2.24) is 4.90 Å². The van der Waals surface area contributed by atoms with Crippen LogP contribution in [0.3, 0.4) is 0 Å². The number of benzene rings is 2. The van der Waals surface area contributed by atoms with Crippen LogP contribution in [-0.2, 0) is 20.4 Å². The Labute approximate surface area is 229 Å². The molecular weight excluding hydrogens is 490 g/mol. The van der Waals surface area contributed by atoms with E-state index in [9.17, 15) is 9.59 Å². The van der Waals surface area contributed by atoms with Gasteiger partial charge in [-0.3, -0.25) is 4.79 Å². The van der Waals surface area contributed by atoms with Gasteiger partial charge in [-0.15, -0.1) is 6.58 Å². The lowest BCUT2D eigenvalue weighted by atomic mass is 9.98. The molecule has 6 heteroatoms. The summed E-state index contributed by atoms with van der Waals surface area (Å²) in [6, 6.07) is 19.5. The number of ether oxygens (including phenoxy) is 1. The van der Waals surface area contributed by atoms with Crippen molar-refractivity contribution in [3.8, 4) is 0 Å². The second-order valence-electron chi connectivity index (χ2n) is 11.1. The molecule has 1 aliphatic heterocycles. The first-order chi connectivity index (χ1) is 18.1. The Kier molecular flexibility index (Phi) is 10.3. The SMILES string of the molecule is C=C[C@H](C(=O)N1C(=O)OC[C@@H]1Cc1ccccc1)[C@@H](/C=C/c1ccccc1)O[Si](C(C)C)(C(C)C)C(C)C. The minimum Gasteiger partial charge on any atom is -0.447 e. The molecule has 1 aliphatic rings. The number of nitrogens with zero attached hydrogens (tertiary/aromatic N) is 1. The smallest absolute Gasteiger partial charge is 0.417 e. The van der Waals surface area contributed by atoms with Crippen LogP contribution in [-0.4, -0.2) is 44.0 Å². The van der Waals surface area contributed by atoms with E-state index in [1.807, 2.05) is 72.8 Å². The minimum absolute atomic E-state index is 0.178. The molecule has 0 saturated carbocycles. The lowest BCUT2D eigenvalue weighted by Crippen LogP contribution is -2.53. The first-order valence-corrected chi connectivity index (χ1v) is 15.8. The van der Waals surface area contributed by atoms with E-state index < -0.39 is 26.4 Å². The second kappa shape index (κ2) is 13.2. The molecule has 5 nitrogen and oxygen atoms in total. The Morgan fingerprint density at radius 1 is 1.00 bits per heavy atom. The van der Waals surface area contributed by atoms with Crippen LogP contribution in [0.2, 0.25) is 16.6 Å². The van der Waals surface area contributed by atoms with Crippen LogP contribution in [0.1, 0.15) is 52.7 Å². The highest BCUT2D eigenvalue weighted by atomic mass is 28.4. The minimum atomic E-state index is -2.37. The molecule has 3 rings (SSSR count). The van der Waals surface area contributed by atoms with Gasteiger partial charge in [0.2, 0.25) is 14.2 Å². The van der Waals surface area contributed by atoms with Crippen molar-refractivity contribution in [1.29, 1.82) is 0 Å². The summed E-state index contributed by atoms with van der Waals surface area (Å²) in [6.45, 7) is 17.6. The van der Waals surface area contributed by atoms with Gasteiger partial charge in [0.15, 0.2) is 0 Å². The molecular formula is C32H43NO4Si. The number of carbonyl (C=O) groups excluding carboxylic acids is 2. The Bertz CT molecular complexity index is 1080. The summed E-state index contributed by atoms with van der Waals surface area (Å²) in [4.78, 5) is 28.2. The summed E-state index contributed by atoms with van der Waals surface area (Å²) in [7, 11) is -2.37. The summed E-state index contributed by atoms with van der Waals surface area (Å²) in [5, 5.41) is 0. The highest BCUT2D eigenvalue weighted by molar-refractivity contribution is 6.77. The van der Waals surface area contributed by atoms with E-state index in [-0.39, 0.29) is 18.6 Å². The fraction of sp³-hybridized carbons (Fsp3) is 0.438. The zero-order valence-electron chi connectivity index (χ0n) is 23.7. The third kappa shape index (κ3) is 6.53. The van der Waals surface area contributed by atoms with E-state index in [1.54, 1.807) is 6.08 Å². The molecule has 1 heterocycles. The third-order valence-electron chi connectivity index (χ3n) is 7.73. The third-order valence-corrected chi connectivity index (χ3v) is 13.8. The van der Waals surface area contributed by atoms with Gasteiger partial charge < -0.3 is 9.16 Å².